The molecule has 0 saturated heterocycles. The first-order valence-electron chi connectivity index (χ1n) is 6.98. The largest absolute Gasteiger partial charge is 0.484 e. The van der Waals surface area contributed by atoms with Crippen molar-refractivity contribution in [1.82, 2.24) is 5.32 Å². The van der Waals surface area contributed by atoms with Crippen molar-refractivity contribution in [1.29, 1.82) is 0 Å². The van der Waals surface area contributed by atoms with E-state index >= 15 is 0 Å². The van der Waals surface area contributed by atoms with E-state index in [1.807, 2.05) is 13.8 Å². The van der Waals surface area contributed by atoms with Gasteiger partial charge in [-0.05, 0) is 26.8 Å². The fraction of sp³-hybridized carbons (Fsp3) is 0.571. The van der Waals surface area contributed by atoms with Crippen LogP contribution < -0.4 is 15.4 Å². The zero-order chi connectivity index (χ0) is 15.8. The second-order valence-corrected chi connectivity index (χ2v) is 5.09. The van der Waals surface area contributed by atoms with Gasteiger partial charge in [0.25, 0.3) is 0 Å². The number of aliphatic hydroxyl groups excluding tert-OH is 1. The van der Waals surface area contributed by atoms with E-state index in [0.29, 0.717) is 19.6 Å². The van der Waals surface area contributed by atoms with Gasteiger partial charge in [0.05, 0.1) is 17.1 Å². The number of rotatable bonds is 9. The Kier molecular flexibility index (Phi) is 6.90. The lowest BCUT2D eigenvalue weighted by Crippen LogP contribution is -2.28. The van der Waals surface area contributed by atoms with Gasteiger partial charge in [0.2, 0.25) is 0 Å². The van der Waals surface area contributed by atoms with Crippen LogP contribution >= 0.6 is 0 Å². The Morgan fingerprint density at radius 2 is 2.05 bits per heavy atom. The summed E-state index contributed by atoms with van der Waals surface area (Å²) in [5.41, 5.74) is 0.719. The van der Waals surface area contributed by atoms with Crippen LogP contribution in [0.3, 0.4) is 0 Å². The fourth-order valence-corrected chi connectivity index (χ4v) is 1.73. The van der Waals surface area contributed by atoms with Gasteiger partial charge in [-0.15, -0.1) is 0 Å². The van der Waals surface area contributed by atoms with Gasteiger partial charge in [0.15, 0.2) is 5.75 Å². The van der Waals surface area contributed by atoms with Crippen molar-refractivity contribution in [2.45, 2.75) is 33.0 Å². The zero-order valence-corrected chi connectivity index (χ0v) is 12.6. The summed E-state index contributed by atoms with van der Waals surface area (Å²) in [6.07, 6.45) is -0.512. The highest BCUT2D eigenvalue weighted by Gasteiger charge is 2.16. The first-order valence-corrected chi connectivity index (χ1v) is 6.98. The number of anilines is 1. The molecule has 0 aromatic heterocycles. The number of hydrogen-bond donors (Lipinski definition) is 3. The number of nitrogens with zero attached hydrogens (tertiary/aromatic N) is 1. The van der Waals surface area contributed by atoms with Crippen LogP contribution in [-0.2, 0) is 0 Å². The first-order chi connectivity index (χ1) is 9.90. The Morgan fingerprint density at radius 3 is 2.62 bits per heavy atom. The van der Waals surface area contributed by atoms with Gasteiger partial charge >= 0.3 is 5.69 Å². The monoisotopic (exact) mass is 297 g/mol. The lowest BCUT2D eigenvalue weighted by atomic mass is 10.2. The topological polar surface area (TPSA) is 96.7 Å². The predicted octanol–water partition coefficient (Wildman–Crippen LogP) is 1.76. The number of nitro groups is 1. The zero-order valence-electron chi connectivity index (χ0n) is 12.6. The van der Waals surface area contributed by atoms with Gasteiger partial charge in [-0.25, -0.2) is 0 Å². The van der Waals surface area contributed by atoms with Crippen molar-refractivity contribution in [3.63, 3.8) is 0 Å². The van der Waals surface area contributed by atoms with Gasteiger partial charge in [-0.1, -0.05) is 0 Å². The molecule has 1 aromatic carbocycles. The average molecular weight is 297 g/mol. The van der Waals surface area contributed by atoms with Crippen molar-refractivity contribution in [3.05, 3.63) is 28.3 Å². The maximum atomic E-state index is 10.9. The molecular formula is C14H23N3O4. The third-order valence-corrected chi connectivity index (χ3v) is 2.59. The summed E-state index contributed by atoms with van der Waals surface area (Å²) in [5, 5.41) is 26.3. The SMILES string of the molecule is CC(O)CNCCNc1ccc([N+](=O)[O-])c(OC(C)C)c1. The molecule has 7 nitrogen and oxygen atoms in total. The van der Waals surface area contributed by atoms with E-state index in [1.54, 1.807) is 19.1 Å². The summed E-state index contributed by atoms with van der Waals surface area (Å²) in [5.74, 6) is 0.261. The second kappa shape index (κ2) is 8.43. The molecule has 0 aliphatic heterocycles. The number of benzene rings is 1. The molecule has 0 bridgehead atoms. The molecule has 0 heterocycles. The summed E-state index contributed by atoms with van der Waals surface area (Å²) in [6, 6.07) is 4.72. The molecule has 21 heavy (non-hydrogen) atoms. The lowest BCUT2D eigenvalue weighted by molar-refractivity contribution is -0.386. The molecule has 0 fully saturated rings. The molecule has 0 spiro atoms. The number of aliphatic hydroxyl groups is 1. The molecule has 0 aliphatic carbocycles. The molecule has 1 unspecified atom stereocenters. The minimum absolute atomic E-state index is 0.0403. The van der Waals surface area contributed by atoms with Crippen LogP contribution in [0.5, 0.6) is 5.75 Å². The van der Waals surface area contributed by atoms with Crippen LogP contribution in [0, 0.1) is 10.1 Å². The van der Waals surface area contributed by atoms with Crippen LogP contribution in [-0.4, -0.2) is 41.9 Å². The molecule has 0 saturated carbocycles. The summed E-state index contributed by atoms with van der Waals surface area (Å²) < 4.78 is 5.48. The first kappa shape index (κ1) is 17.2. The number of nitrogens with one attached hydrogen (secondary N) is 2. The highest BCUT2D eigenvalue weighted by atomic mass is 16.6. The Labute approximate surface area is 124 Å². The molecule has 118 valence electrons. The van der Waals surface area contributed by atoms with Crippen LogP contribution in [0.15, 0.2) is 18.2 Å². The molecule has 0 aliphatic rings. The predicted molar refractivity (Wildman–Crippen MR) is 81.9 cm³/mol. The van der Waals surface area contributed by atoms with E-state index in [1.165, 1.54) is 6.07 Å². The number of nitro benzene ring substituents is 1. The number of ether oxygens (including phenoxy) is 1. The fourth-order valence-electron chi connectivity index (χ4n) is 1.73. The van der Waals surface area contributed by atoms with Crippen LogP contribution in [0.25, 0.3) is 0 Å². The van der Waals surface area contributed by atoms with Gasteiger partial charge < -0.3 is 20.5 Å². The Balaban J connectivity index is 2.61. The molecule has 1 atom stereocenters. The maximum Gasteiger partial charge on any atom is 0.311 e. The second-order valence-electron chi connectivity index (χ2n) is 5.09. The lowest BCUT2D eigenvalue weighted by Gasteiger charge is -2.13. The van der Waals surface area contributed by atoms with Crippen molar-refractivity contribution in [2.24, 2.45) is 0 Å². The van der Waals surface area contributed by atoms with Crippen LogP contribution in [0.2, 0.25) is 0 Å². The Bertz CT molecular complexity index is 464. The maximum absolute atomic E-state index is 10.9. The van der Waals surface area contributed by atoms with Gasteiger partial charge in [-0.2, -0.15) is 0 Å². The third kappa shape index (κ3) is 6.42. The van der Waals surface area contributed by atoms with Gasteiger partial charge in [-0.3, -0.25) is 10.1 Å². The number of hydrogen-bond acceptors (Lipinski definition) is 6. The highest BCUT2D eigenvalue weighted by Crippen LogP contribution is 2.30. The molecular weight excluding hydrogens is 274 g/mol. The van der Waals surface area contributed by atoms with Crippen molar-refractivity contribution < 1.29 is 14.8 Å². The average Bonchev–Trinajstić information content (AvgIpc) is 2.37. The molecule has 0 radical (unpaired) electrons. The minimum Gasteiger partial charge on any atom is -0.484 e. The standard InChI is InChI=1S/C14H23N3O4/c1-10(2)21-14-8-12(4-5-13(14)17(19)20)16-7-6-15-9-11(3)18/h4-5,8,10-11,15-16,18H,6-7,9H2,1-3H3. The third-order valence-electron chi connectivity index (χ3n) is 2.59. The van der Waals surface area contributed by atoms with E-state index in [0.717, 1.165) is 5.69 Å². The highest BCUT2D eigenvalue weighted by molar-refractivity contribution is 5.58. The van der Waals surface area contributed by atoms with E-state index in [2.05, 4.69) is 10.6 Å². The smallest absolute Gasteiger partial charge is 0.311 e. The van der Waals surface area contributed by atoms with E-state index in [-0.39, 0.29) is 23.6 Å². The molecule has 1 rings (SSSR count). The summed E-state index contributed by atoms with van der Waals surface area (Å²) in [4.78, 5) is 10.5. The van der Waals surface area contributed by atoms with Crippen LogP contribution in [0.1, 0.15) is 20.8 Å². The molecule has 0 amide bonds. The molecule has 7 heteroatoms. The van der Waals surface area contributed by atoms with Crippen molar-refractivity contribution >= 4 is 11.4 Å². The van der Waals surface area contributed by atoms with E-state index < -0.39 is 4.92 Å². The van der Waals surface area contributed by atoms with E-state index in [9.17, 15) is 10.1 Å². The van der Waals surface area contributed by atoms with Crippen LogP contribution in [0.4, 0.5) is 11.4 Å². The Hall–Kier alpha value is -1.86. The normalized spacial score (nSPS) is 12.2. The van der Waals surface area contributed by atoms with Crippen molar-refractivity contribution in [2.75, 3.05) is 25.0 Å². The minimum atomic E-state index is -0.453. The van der Waals surface area contributed by atoms with Gasteiger partial charge in [0, 0.05) is 37.5 Å². The summed E-state index contributed by atoms with van der Waals surface area (Å²) in [7, 11) is 0. The Morgan fingerprint density at radius 1 is 1.33 bits per heavy atom. The summed E-state index contributed by atoms with van der Waals surface area (Å²) in [6.45, 7) is 7.22. The summed E-state index contributed by atoms with van der Waals surface area (Å²) >= 11 is 0. The molecule has 3 N–H and O–H groups in total. The van der Waals surface area contributed by atoms with Crippen molar-refractivity contribution in [3.8, 4) is 5.75 Å². The molecule has 1 aromatic rings. The van der Waals surface area contributed by atoms with Gasteiger partial charge in [0.1, 0.15) is 0 Å². The quantitative estimate of drug-likeness (QED) is 0.365. The van der Waals surface area contributed by atoms with E-state index in [4.69, 9.17) is 9.84 Å².